The molecule has 2 aliphatic rings. The van der Waals surface area contributed by atoms with E-state index in [2.05, 4.69) is 30.9 Å². The van der Waals surface area contributed by atoms with Gasteiger partial charge in [0.2, 0.25) is 0 Å². The Morgan fingerprint density at radius 1 is 1.21 bits per heavy atom. The Kier molecular flexibility index (Phi) is 7.40. The highest BCUT2D eigenvalue weighted by atomic mass is 35.5. The number of carbonyl (C=O) groups is 1. The first-order chi connectivity index (χ1) is 15.8. The van der Waals surface area contributed by atoms with Gasteiger partial charge in [0.15, 0.2) is 0 Å². The Hall–Kier alpha value is -2.37. The average molecular weight is 472 g/mol. The predicted molar refractivity (Wildman–Crippen MR) is 129 cm³/mol. The largest absolute Gasteiger partial charge is 0.493 e. The molecule has 1 aliphatic heterocycles. The molecule has 0 saturated carbocycles. The molecule has 1 atom stereocenters. The number of allylic oxidation sites excluding steroid dienone is 1. The van der Waals surface area contributed by atoms with E-state index in [0.29, 0.717) is 23.6 Å². The minimum Gasteiger partial charge on any atom is -0.493 e. The summed E-state index contributed by atoms with van der Waals surface area (Å²) >= 11 is 5.84. The molecular formula is C27H31ClFNO3. The zero-order valence-electron chi connectivity index (χ0n) is 19.5. The highest BCUT2D eigenvalue weighted by Gasteiger charge is 2.34. The van der Waals surface area contributed by atoms with Crippen LogP contribution in [0.2, 0.25) is 5.02 Å². The number of nitrogens with zero attached hydrogens (tertiary/aromatic N) is 1. The Morgan fingerprint density at radius 3 is 2.73 bits per heavy atom. The van der Waals surface area contributed by atoms with Crippen LogP contribution < -0.4 is 4.74 Å². The van der Waals surface area contributed by atoms with Crippen molar-refractivity contribution in [3.8, 4) is 5.75 Å². The first kappa shape index (κ1) is 23.8. The van der Waals surface area contributed by atoms with Gasteiger partial charge in [0.05, 0.1) is 19.6 Å². The number of methoxy groups -OCH3 is 1. The van der Waals surface area contributed by atoms with Crippen LogP contribution in [0, 0.1) is 17.7 Å². The molecule has 0 spiro atoms. The van der Waals surface area contributed by atoms with Crippen molar-refractivity contribution in [2.45, 2.75) is 33.1 Å². The molecule has 0 aromatic heterocycles. The van der Waals surface area contributed by atoms with Gasteiger partial charge in [0, 0.05) is 24.7 Å². The van der Waals surface area contributed by atoms with E-state index >= 15 is 0 Å². The molecule has 6 heteroatoms. The number of rotatable bonds is 8. The van der Waals surface area contributed by atoms with Gasteiger partial charge in [-0.1, -0.05) is 36.2 Å². The van der Waals surface area contributed by atoms with Gasteiger partial charge < -0.3 is 9.47 Å². The smallest absolute Gasteiger partial charge is 0.311 e. The van der Waals surface area contributed by atoms with Crippen molar-refractivity contribution in [1.82, 2.24) is 4.90 Å². The maximum absolute atomic E-state index is 14.1. The van der Waals surface area contributed by atoms with Gasteiger partial charge in [-0.05, 0) is 78.6 Å². The summed E-state index contributed by atoms with van der Waals surface area (Å²) < 4.78 is 24.9. The van der Waals surface area contributed by atoms with Crippen LogP contribution in [-0.4, -0.2) is 44.2 Å². The second-order valence-electron chi connectivity index (χ2n) is 9.32. The summed E-state index contributed by atoms with van der Waals surface area (Å²) in [5, 5.41) is 0.414. The second-order valence-corrected chi connectivity index (χ2v) is 9.75. The van der Waals surface area contributed by atoms with Crippen molar-refractivity contribution < 1.29 is 18.7 Å². The van der Waals surface area contributed by atoms with Crippen LogP contribution in [0.4, 0.5) is 4.39 Å². The fraction of sp³-hybridized carbons (Fsp3) is 0.444. The minimum absolute atomic E-state index is 0.0186. The summed E-state index contributed by atoms with van der Waals surface area (Å²) in [6, 6.07) is 11.1. The molecule has 4 rings (SSSR count). The lowest BCUT2D eigenvalue weighted by Crippen LogP contribution is -2.51. The van der Waals surface area contributed by atoms with E-state index in [-0.39, 0.29) is 23.6 Å². The molecule has 0 N–H and O–H groups in total. The van der Waals surface area contributed by atoms with E-state index in [9.17, 15) is 9.18 Å². The first-order valence-electron chi connectivity index (χ1n) is 11.5. The molecule has 1 fully saturated rings. The summed E-state index contributed by atoms with van der Waals surface area (Å²) in [5.74, 6) is 0.684. The number of likely N-dealkylation sites (tertiary alicyclic amines) is 1. The molecule has 1 saturated heterocycles. The first-order valence-corrected chi connectivity index (χ1v) is 11.9. The third kappa shape index (κ3) is 5.59. The quantitative estimate of drug-likeness (QED) is 0.472. The lowest BCUT2D eigenvalue weighted by atomic mass is 9.85. The SMILES string of the molecule is COC(=O)C1CN(CC2=C(C)c3ccc(OC[C@@H](C)Cc4ccc(Cl)cc4F)cc3CC2)C1. The van der Waals surface area contributed by atoms with E-state index in [1.54, 1.807) is 12.1 Å². The minimum atomic E-state index is -0.264. The molecule has 0 bridgehead atoms. The lowest BCUT2D eigenvalue weighted by molar-refractivity contribution is -0.151. The monoisotopic (exact) mass is 471 g/mol. The van der Waals surface area contributed by atoms with Crippen molar-refractivity contribution in [3.63, 3.8) is 0 Å². The second kappa shape index (κ2) is 10.3. The molecule has 33 heavy (non-hydrogen) atoms. The molecule has 176 valence electrons. The third-order valence-corrected chi connectivity index (χ3v) is 6.97. The zero-order valence-corrected chi connectivity index (χ0v) is 20.3. The average Bonchev–Trinajstić information content (AvgIpc) is 2.77. The highest BCUT2D eigenvalue weighted by molar-refractivity contribution is 6.30. The van der Waals surface area contributed by atoms with Gasteiger partial charge in [-0.2, -0.15) is 0 Å². The van der Waals surface area contributed by atoms with Crippen LogP contribution in [-0.2, 0) is 22.4 Å². The highest BCUT2D eigenvalue weighted by Crippen LogP contribution is 2.34. The lowest BCUT2D eigenvalue weighted by Gasteiger charge is -2.39. The number of aryl methyl sites for hydroxylation is 1. The Bertz CT molecular complexity index is 1060. The number of benzene rings is 2. The van der Waals surface area contributed by atoms with Crippen LogP contribution in [0.25, 0.3) is 5.57 Å². The third-order valence-electron chi connectivity index (χ3n) is 6.73. The van der Waals surface area contributed by atoms with Gasteiger partial charge in [-0.25, -0.2) is 4.39 Å². The summed E-state index contributed by atoms with van der Waals surface area (Å²) in [6.07, 6.45) is 2.61. The van der Waals surface area contributed by atoms with E-state index < -0.39 is 0 Å². The van der Waals surface area contributed by atoms with Crippen molar-refractivity contribution >= 4 is 23.1 Å². The van der Waals surface area contributed by atoms with Crippen molar-refractivity contribution in [3.05, 3.63) is 69.5 Å². The van der Waals surface area contributed by atoms with Gasteiger partial charge in [0.1, 0.15) is 11.6 Å². The van der Waals surface area contributed by atoms with E-state index in [1.807, 2.05) is 6.07 Å². The van der Waals surface area contributed by atoms with E-state index in [1.165, 1.54) is 35.4 Å². The molecule has 4 nitrogen and oxygen atoms in total. The number of hydrogen-bond acceptors (Lipinski definition) is 4. The molecular weight excluding hydrogens is 441 g/mol. The van der Waals surface area contributed by atoms with E-state index in [4.69, 9.17) is 21.1 Å². The van der Waals surface area contributed by atoms with E-state index in [0.717, 1.165) is 38.2 Å². The molecule has 0 radical (unpaired) electrons. The molecule has 1 aliphatic carbocycles. The number of hydrogen-bond donors (Lipinski definition) is 0. The fourth-order valence-electron chi connectivity index (χ4n) is 4.74. The molecule has 2 aromatic carbocycles. The van der Waals surface area contributed by atoms with Crippen molar-refractivity contribution in [2.75, 3.05) is 33.4 Å². The maximum atomic E-state index is 14.1. The molecule has 1 heterocycles. The molecule has 0 amide bonds. The van der Waals surface area contributed by atoms with Gasteiger partial charge in [-0.3, -0.25) is 9.69 Å². The zero-order chi connectivity index (χ0) is 23.5. The summed E-state index contributed by atoms with van der Waals surface area (Å²) in [6.45, 7) is 7.25. The van der Waals surface area contributed by atoms with Gasteiger partial charge >= 0.3 is 5.97 Å². The van der Waals surface area contributed by atoms with Gasteiger partial charge in [-0.15, -0.1) is 0 Å². The van der Waals surface area contributed by atoms with Crippen molar-refractivity contribution in [2.24, 2.45) is 11.8 Å². The normalized spacial score (nSPS) is 17.4. The Morgan fingerprint density at radius 2 is 2.00 bits per heavy atom. The maximum Gasteiger partial charge on any atom is 0.311 e. The summed E-state index contributed by atoms with van der Waals surface area (Å²) in [4.78, 5) is 13.9. The Labute approximate surface area is 200 Å². The molecule has 0 unspecified atom stereocenters. The predicted octanol–water partition coefficient (Wildman–Crippen LogP) is 5.56. The number of fused-ring (bicyclic) bond motifs is 1. The number of esters is 1. The summed E-state index contributed by atoms with van der Waals surface area (Å²) in [7, 11) is 1.45. The summed E-state index contributed by atoms with van der Waals surface area (Å²) in [5.41, 5.74) is 6.02. The van der Waals surface area contributed by atoms with Crippen LogP contribution in [0.1, 0.15) is 37.0 Å². The fourth-order valence-corrected chi connectivity index (χ4v) is 4.90. The van der Waals surface area contributed by atoms with Crippen LogP contribution >= 0.6 is 11.6 Å². The molecule has 2 aromatic rings. The standard InChI is InChI=1S/C27H31ClFNO3/c1-17(10-20-6-7-23(28)12-26(20)29)16-33-24-8-9-25-18(2)21(5-4-19(25)11-24)13-30-14-22(15-30)27(31)32-3/h6-9,11-12,17,22H,4-5,10,13-16H2,1-3H3/t17-/m0/s1. The van der Waals surface area contributed by atoms with Crippen molar-refractivity contribution in [1.29, 1.82) is 0 Å². The number of halogens is 2. The van der Waals surface area contributed by atoms with Gasteiger partial charge in [0.25, 0.3) is 0 Å². The van der Waals surface area contributed by atoms with Crippen LogP contribution in [0.5, 0.6) is 5.75 Å². The Balaban J connectivity index is 1.33. The number of ether oxygens (including phenoxy) is 2. The topological polar surface area (TPSA) is 38.8 Å². The van der Waals surface area contributed by atoms with Crippen LogP contribution in [0.15, 0.2) is 42.0 Å². The van der Waals surface area contributed by atoms with Crippen LogP contribution in [0.3, 0.4) is 0 Å². The number of carbonyl (C=O) groups excluding carboxylic acids is 1.